The summed E-state index contributed by atoms with van der Waals surface area (Å²) < 4.78 is 11.3. The van der Waals surface area contributed by atoms with Crippen LogP contribution in [0.5, 0.6) is 5.75 Å². The van der Waals surface area contributed by atoms with Crippen molar-refractivity contribution in [2.45, 2.75) is 45.2 Å². The van der Waals surface area contributed by atoms with Crippen molar-refractivity contribution in [1.29, 1.82) is 0 Å². The molecule has 29 heavy (non-hydrogen) atoms. The Morgan fingerprint density at radius 3 is 2.59 bits per heavy atom. The topological polar surface area (TPSA) is 50.8 Å². The second kappa shape index (κ2) is 10.9. The molecule has 2 aromatic rings. The number of carbonyl (C=O) groups excluding carboxylic acids is 1. The van der Waals surface area contributed by atoms with Crippen LogP contribution in [0.2, 0.25) is 0 Å². The lowest BCUT2D eigenvalue weighted by Crippen LogP contribution is -2.43. The van der Waals surface area contributed by atoms with Gasteiger partial charge in [0.1, 0.15) is 11.9 Å². The number of unbranched alkanes of at least 4 members (excludes halogenated alkanes) is 3. The Balaban J connectivity index is 1.83. The van der Waals surface area contributed by atoms with Crippen molar-refractivity contribution >= 4 is 11.6 Å². The predicted octanol–water partition coefficient (Wildman–Crippen LogP) is 5.25. The van der Waals surface area contributed by atoms with Gasteiger partial charge in [-0.15, -0.1) is 0 Å². The van der Waals surface area contributed by atoms with E-state index < -0.39 is 0 Å². The summed E-state index contributed by atoms with van der Waals surface area (Å²) in [7, 11) is 1.69. The predicted molar refractivity (Wildman–Crippen MR) is 116 cm³/mol. The molecule has 1 heterocycles. The molecule has 0 fully saturated rings. The summed E-state index contributed by atoms with van der Waals surface area (Å²) in [5.41, 5.74) is 2.56. The summed E-state index contributed by atoms with van der Waals surface area (Å²) in [6.07, 6.45) is 5.17. The SMILES string of the molecule is CCCCCCOc1ccccc1C1Nc2ccccc2C(=O)N1CCCOC. The van der Waals surface area contributed by atoms with Gasteiger partial charge in [-0.05, 0) is 31.0 Å². The van der Waals surface area contributed by atoms with Gasteiger partial charge in [-0.2, -0.15) is 0 Å². The van der Waals surface area contributed by atoms with Crippen molar-refractivity contribution in [3.63, 3.8) is 0 Å². The first kappa shape index (κ1) is 21.2. The number of nitrogens with zero attached hydrogens (tertiary/aromatic N) is 1. The number of amides is 1. The van der Waals surface area contributed by atoms with Crippen LogP contribution in [0, 0.1) is 0 Å². The number of fused-ring (bicyclic) bond motifs is 1. The zero-order chi connectivity index (χ0) is 20.5. The molecule has 1 amide bonds. The second-order valence-corrected chi connectivity index (χ2v) is 7.38. The number of hydrogen-bond acceptors (Lipinski definition) is 4. The van der Waals surface area contributed by atoms with Crippen LogP contribution < -0.4 is 10.1 Å². The van der Waals surface area contributed by atoms with Gasteiger partial charge in [0.15, 0.2) is 0 Å². The summed E-state index contributed by atoms with van der Waals surface area (Å²) in [6.45, 7) is 4.13. The minimum absolute atomic E-state index is 0.0400. The fraction of sp³-hybridized carbons (Fsp3) is 0.458. The normalized spacial score (nSPS) is 15.7. The van der Waals surface area contributed by atoms with E-state index in [9.17, 15) is 4.79 Å². The molecule has 1 atom stereocenters. The summed E-state index contributed by atoms with van der Waals surface area (Å²) in [6, 6.07) is 15.7. The Morgan fingerprint density at radius 2 is 1.76 bits per heavy atom. The summed E-state index contributed by atoms with van der Waals surface area (Å²) >= 11 is 0. The van der Waals surface area contributed by atoms with Gasteiger partial charge < -0.3 is 19.7 Å². The molecule has 0 saturated heterocycles. The zero-order valence-electron chi connectivity index (χ0n) is 17.5. The van der Waals surface area contributed by atoms with E-state index >= 15 is 0 Å². The fourth-order valence-corrected chi connectivity index (χ4v) is 3.70. The molecule has 1 unspecified atom stereocenters. The van der Waals surface area contributed by atoms with E-state index in [1.54, 1.807) is 7.11 Å². The number of carbonyl (C=O) groups is 1. The molecule has 5 nitrogen and oxygen atoms in total. The van der Waals surface area contributed by atoms with Gasteiger partial charge in [0.05, 0.1) is 12.2 Å². The molecule has 5 heteroatoms. The Bertz CT molecular complexity index is 793. The smallest absolute Gasteiger partial charge is 0.257 e. The van der Waals surface area contributed by atoms with Crippen LogP contribution in [-0.2, 0) is 4.74 Å². The average molecular weight is 397 g/mol. The summed E-state index contributed by atoms with van der Waals surface area (Å²) in [4.78, 5) is 15.1. The van der Waals surface area contributed by atoms with E-state index in [1.165, 1.54) is 19.3 Å². The zero-order valence-corrected chi connectivity index (χ0v) is 17.5. The molecule has 0 spiro atoms. The van der Waals surface area contributed by atoms with Crippen LogP contribution in [0.4, 0.5) is 5.69 Å². The van der Waals surface area contributed by atoms with Crippen molar-refractivity contribution in [2.75, 3.05) is 32.2 Å². The maximum Gasteiger partial charge on any atom is 0.257 e. The van der Waals surface area contributed by atoms with Gasteiger partial charge in [-0.3, -0.25) is 4.79 Å². The first-order valence-electron chi connectivity index (χ1n) is 10.6. The largest absolute Gasteiger partial charge is 0.493 e. The molecule has 1 N–H and O–H groups in total. The molecular formula is C24H32N2O3. The van der Waals surface area contributed by atoms with Crippen LogP contribution in [0.1, 0.15) is 61.1 Å². The Labute approximate surface area is 174 Å². The summed E-state index contributed by atoms with van der Waals surface area (Å²) in [5.74, 6) is 0.878. The number of anilines is 1. The monoisotopic (exact) mass is 396 g/mol. The first-order valence-corrected chi connectivity index (χ1v) is 10.6. The molecular weight excluding hydrogens is 364 g/mol. The quantitative estimate of drug-likeness (QED) is 0.527. The molecule has 156 valence electrons. The first-order chi connectivity index (χ1) is 14.3. The number of methoxy groups -OCH3 is 1. The maximum atomic E-state index is 13.2. The average Bonchev–Trinajstić information content (AvgIpc) is 2.75. The fourth-order valence-electron chi connectivity index (χ4n) is 3.70. The lowest BCUT2D eigenvalue weighted by molar-refractivity contribution is 0.0657. The van der Waals surface area contributed by atoms with Crippen LogP contribution in [-0.4, -0.2) is 37.7 Å². The van der Waals surface area contributed by atoms with Gasteiger partial charge in [-0.25, -0.2) is 0 Å². The minimum atomic E-state index is -0.263. The van der Waals surface area contributed by atoms with E-state index in [0.29, 0.717) is 25.3 Å². The highest BCUT2D eigenvalue weighted by molar-refractivity contribution is 6.01. The Kier molecular flexibility index (Phi) is 7.94. The molecule has 3 rings (SSSR count). The number of nitrogens with one attached hydrogen (secondary N) is 1. The van der Waals surface area contributed by atoms with Crippen LogP contribution in [0.3, 0.4) is 0 Å². The van der Waals surface area contributed by atoms with Crippen molar-refractivity contribution in [3.05, 3.63) is 59.7 Å². The van der Waals surface area contributed by atoms with E-state index in [2.05, 4.69) is 12.2 Å². The van der Waals surface area contributed by atoms with E-state index in [0.717, 1.165) is 29.8 Å². The van der Waals surface area contributed by atoms with Crippen LogP contribution in [0.25, 0.3) is 0 Å². The third-order valence-corrected chi connectivity index (χ3v) is 5.24. The van der Waals surface area contributed by atoms with Gasteiger partial charge in [0.25, 0.3) is 5.91 Å². The lowest BCUT2D eigenvalue weighted by atomic mass is 10.0. The Hall–Kier alpha value is -2.53. The highest BCUT2D eigenvalue weighted by atomic mass is 16.5. The van der Waals surface area contributed by atoms with Gasteiger partial charge in [0.2, 0.25) is 0 Å². The maximum absolute atomic E-state index is 13.2. The number of rotatable bonds is 11. The van der Waals surface area contributed by atoms with E-state index in [1.807, 2.05) is 53.4 Å². The highest BCUT2D eigenvalue weighted by Gasteiger charge is 2.33. The number of para-hydroxylation sites is 2. The molecule has 2 aromatic carbocycles. The number of ether oxygens (including phenoxy) is 2. The van der Waals surface area contributed by atoms with Gasteiger partial charge in [-0.1, -0.05) is 56.5 Å². The van der Waals surface area contributed by atoms with E-state index in [4.69, 9.17) is 9.47 Å². The summed E-state index contributed by atoms with van der Waals surface area (Å²) in [5, 5.41) is 3.56. The highest BCUT2D eigenvalue weighted by Crippen LogP contribution is 2.36. The standard InChI is InChI=1S/C24H32N2O3/c1-3-4-5-10-18-29-22-15-9-7-13-20(22)23-25-21-14-8-6-12-19(21)24(27)26(23)16-11-17-28-2/h6-9,12-15,23,25H,3-5,10-11,16-18H2,1-2H3. The third kappa shape index (κ3) is 5.30. The van der Waals surface area contributed by atoms with Crippen molar-refractivity contribution in [2.24, 2.45) is 0 Å². The van der Waals surface area contributed by atoms with Crippen molar-refractivity contribution < 1.29 is 14.3 Å². The number of benzene rings is 2. The molecule has 0 aliphatic carbocycles. The Morgan fingerprint density at radius 1 is 0.966 bits per heavy atom. The molecule has 0 saturated carbocycles. The molecule has 1 aliphatic heterocycles. The lowest BCUT2D eigenvalue weighted by Gasteiger charge is -2.38. The van der Waals surface area contributed by atoms with Crippen molar-refractivity contribution in [3.8, 4) is 5.75 Å². The number of hydrogen-bond donors (Lipinski definition) is 1. The van der Waals surface area contributed by atoms with E-state index in [-0.39, 0.29) is 12.1 Å². The molecule has 1 aliphatic rings. The molecule has 0 aromatic heterocycles. The van der Waals surface area contributed by atoms with Crippen LogP contribution >= 0.6 is 0 Å². The third-order valence-electron chi connectivity index (χ3n) is 5.24. The molecule has 0 bridgehead atoms. The van der Waals surface area contributed by atoms with Gasteiger partial charge in [0, 0.05) is 31.5 Å². The minimum Gasteiger partial charge on any atom is -0.493 e. The van der Waals surface area contributed by atoms with Crippen LogP contribution in [0.15, 0.2) is 48.5 Å². The second-order valence-electron chi connectivity index (χ2n) is 7.38. The van der Waals surface area contributed by atoms with Gasteiger partial charge >= 0.3 is 0 Å². The molecule has 0 radical (unpaired) electrons. The van der Waals surface area contributed by atoms with Crippen molar-refractivity contribution in [1.82, 2.24) is 4.90 Å².